The average Bonchev–Trinajstić information content (AvgIpc) is 3.24. The highest BCUT2D eigenvalue weighted by Gasteiger charge is 2.29. The number of aliphatic hydroxyl groups is 1. The van der Waals surface area contributed by atoms with Crippen molar-refractivity contribution in [1.29, 1.82) is 0 Å². The summed E-state index contributed by atoms with van der Waals surface area (Å²) in [6.07, 6.45) is 2.09. The molecule has 0 radical (unpaired) electrons. The SMILES string of the molecule is COc1cc(Br)c(CNCC(O)C2CC2)cc1OC. The van der Waals surface area contributed by atoms with E-state index >= 15 is 0 Å². The molecule has 1 aliphatic carbocycles. The number of nitrogens with one attached hydrogen (secondary N) is 1. The molecule has 1 aliphatic rings. The van der Waals surface area contributed by atoms with Crippen molar-refractivity contribution in [2.45, 2.75) is 25.5 Å². The summed E-state index contributed by atoms with van der Waals surface area (Å²) < 4.78 is 11.5. The number of methoxy groups -OCH3 is 2. The van der Waals surface area contributed by atoms with Gasteiger partial charge in [-0.1, -0.05) is 15.9 Å². The smallest absolute Gasteiger partial charge is 0.161 e. The van der Waals surface area contributed by atoms with E-state index in [-0.39, 0.29) is 6.10 Å². The second-order valence-corrected chi connectivity index (χ2v) is 5.69. The van der Waals surface area contributed by atoms with Crippen LogP contribution in [0.2, 0.25) is 0 Å². The highest BCUT2D eigenvalue weighted by Crippen LogP contribution is 2.34. The summed E-state index contributed by atoms with van der Waals surface area (Å²) in [6, 6.07) is 3.84. The minimum atomic E-state index is -0.223. The highest BCUT2D eigenvalue weighted by atomic mass is 79.9. The molecule has 5 heteroatoms. The van der Waals surface area contributed by atoms with E-state index in [4.69, 9.17) is 9.47 Å². The fourth-order valence-electron chi connectivity index (χ4n) is 2.03. The number of aliphatic hydroxyl groups excluding tert-OH is 1. The van der Waals surface area contributed by atoms with E-state index < -0.39 is 0 Å². The van der Waals surface area contributed by atoms with Crippen molar-refractivity contribution in [2.75, 3.05) is 20.8 Å². The van der Waals surface area contributed by atoms with E-state index in [1.165, 1.54) is 0 Å². The van der Waals surface area contributed by atoms with Gasteiger partial charge >= 0.3 is 0 Å². The first kappa shape index (κ1) is 14.6. The lowest BCUT2D eigenvalue weighted by atomic mass is 10.2. The molecule has 0 saturated heterocycles. The largest absolute Gasteiger partial charge is 0.493 e. The van der Waals surface area contributed by atoms with E-state index in [9.17, 15) is 5.11 Å². The number of hydrogen-bond donors (Lipinski definition) is 2. The Morgan fingerprint density at radius 1 is 1.32 bits per heavy atom. The Kier molecular flexibility index (Phi) is 5.07. The third-order valence-corrected chi connectivity index (χ3v) is 4.13. The number of halogens is 1. The minimum absolute atomic E-state index is 0.223. The van der Waals surface area contributed by atoms with Crippen LogP contribution in [-0.2, 0) is 6.54 Å². The molecule has 0 spiro atoms. The Morgan fingerprint density at radius 3 is 2.53 bits per heavy atom. The second kappa shape index (κ2) is 6.59. The summed E-state index contributed by atoms with van der Waals surface area (Å²) in [4.78, 5) is 0. The molecule has 1 aromatic carbocycles. The summed E-state index contributed by atoms with van der Waals surface area (Å²) in [5.41, 5.74) is 1.08. The molecule has 1 fully saturated rings. The molecule has 0 amide bonds. The van der Waals surface area contributed by atoms with Crippen LogP contribution in [0.3, 0.4) is 0 Å². The van der Waals surface area contributed by atoms with Gasteiger partial charge in [-0.2, -0.15) is 0 Å². The second-order valence-electron chi connectivity index (χ2n) is 4.83. The highest BCUT2D eigenvalue weighted by molar-refractivity contribution is 9.10. The van der Waals surface area contributed by atoms with Crippen molar-refractivity contribution in [3.8, 4) is 11.5 Å². The normalized spacial score (nSPS) is 16.2. The molecule has 2 N–H and O–H groups in total. The van der Waals surface area contributed by atoms with E-state index in [2.05, 4.69) is 21.2 Å². The number of benzene rings is 1. The molecule has 0 aliphatic heterocycles. The first-order valence-corrected chi connectivity index (χ1v) is 7.24. The molecule has 19 heavy (non-hydrogen) atoms. The molecule has 2 rings (SSSR count). The molecule has 4 nitrogen and oxygen atoms in total. The molecule has 1 saturated carbocycles. The summed E-state index contributed by atoms with van der Waals surface area (Å²) in [5, 5.41) is 13.1. The van der Waals surface area contributed by atoms with Gasteiger partial charge in [0.2, 0.25) is 0 Å². The molecule has 1 aromatic rings. The van der Waals surface area contributed by atoms with Crippen molar-refractivity contribution in [2.24, 2.45) is 5.92 Å². The van der Waals surface area contributed by atoms with Gasteiger partial charge in [0.15, 0.2) is 11.5 Å². The predicted octanol–water partition coefficient (Wildman–Crippen LogP) is 2.33. The van der Waals surface area contributed by atoms with Gasteiger partial charge in [-0.05, 0) is 36.5 Å². The van der Waals surface area contributed by atoms with Gasteiger partial charge < -0.3 is 19.9 Å². The van der Waals surface area contributed by atoms with Crippen LogP contribution in [0.15, 0.2) is 16.6 Å². The lowest BCUT2D eigenvalue weighted by molar-refractivity contribution is 0.148. The van der Waals surface area contributed by atoms with Gasteiger partial charge in [-0.25, -0.2) is 0 Å². The fourth-order valence-corrected chi connectivity index (χ4v) is 2.50. The average molecular weight is 330 g/mol. The Hall–Kier alpha value is -0.780. The Bertz CT molecular complexity index is 435. The van der Waals surface area contributed by atoms with Crippen LogP contribution in [0.25, 0.3) is 0 Å². The monoisotopic (exact) mass is 329 g/mol. The predicted molar refractivity (Wildman–Crippen MR) is 77.7 cm³/mol. The van der Waals surface area contributed by atoms with Crippen LogP contribution in [0, 0.1) is 5.92 Å². The summed E-state index contributed by atoms with van der Waals surface area (Å²) in [6.45, 7) is 1.32. The molecule has 1 unspecified atom stereocenters. The Balaban J connectivity index is 1.95. The number of ether oxygens (including phenoxy) is 2. The van der Waals surface area contributed by atoms with Crippen molar-refractivity contribution >= 4 is 15.9 Å². The van der Waals surface area contributed by atoms with Crippen LogP contribution in [0.5, 0.6) is 11.5 Å². The zero-order valence-electron chi connectivity index (χ0n) is 11.3. The van der Waals surface area contributed by atoms with Gasteiger partial charge in [0.25, 0.3) is 0 Å². The van der Waals surface area contributed by atoms with Crippen LogP contribution < -0.4 is 14.8 Å². The maximum absolute atomic E-state index is 9.80. The van der Waals surface area contributed by atoms with Crippen LogP contribution in [-0.4, -0.2) is 32.0 Å². The lowest BCUT2D eigenvalue weighted by Gasteiger charge is -2.14. The molecule has 1 atom stereocenters. The van der Waals surface area contributed by atoms with Gasteiger partial charge in [0.05, 0.1) is 20.3 Å². The molecule has 0 aromatic heterocycles. The standard InChI is InChI=1S/C14H20BrNO3/c1-18-13-5-10(11(15)6-14(13)19-2)7-16-8-12(17)9-3-4-9/h5-6,9,12,16-17H,3-4,7-8H2,1-2H3. The van der Waals surface area contributed by atoms with Crippen LogP contribution in [0.1, 0.15) is 18.4 Å². The Morgan fingerprint density at radius 2 is 1.95 bits per heavy atom. The minimum Gasteiger partial charge on any atom is -0.493 e. The maximum Gasteiger partial charge on any atom is 0.161 e. The maximum atomic E-state index is 9.80. The first-order chi connectivity index (χ1) is 9.15. The van der Waals surface area contributed by atoms with Crippen molar-refractivity contribution in [3.63, 3.8) is 0 Å². The van der Waals surface area contributed by atoms with E-state index in [0.717, 1.165) is 22.9 Å². The van der Waals surface area contributed by atoms with E-state index in [0.29, 0.717) is 30.5 Å². The summed E-state index contributed by atoms with van der Waals surface area (Å²) in [7, 11) is 3.24. The quantitative estimate of drug-likeness (QED) is 0.806. The number of hydrogen-bond acceptors (Lipinski definition) is 4. The van der Waals surface area contributed by atoms with Gasteiger partial charge in [0.1, 0.15) is 0 Å². The number of rotatable bonds is 7. The van der Waals surface area contributed by atoms with E-state index in [1.54, 1.807) is 14.2 Å². The van der Waals surface area contributed by atoms with E-state index in [1.807, 2.05) is 12.1 Å². The molecular formula is C14H20BrNO3. The van der Waals surface area contributed by atoms with Crippen LogP contribution in [0.4, 0.5) is 0 Å². The zero-order chi connectivity index (χ0) is 13.8. The molecule has 0 heterocycles. The van der Waals surface area contributed by atoms with Crippen LogP contribution >= 0.6 is 15.9 Å². The van der Waals surface area contributed by atoms with Gasteiger partial charge in [0, 0.05) is 17.6 Å². The molecule has 0 bridgehead atoms. The van der Waals surface area contributed by atoms with Crippen molar-refractivity contribution < 1.29 is 14.6 Å². The third kappa shape index (κ3) is 3.84. The van der Waals surface area contributed by atoms with Gasteiger partial charge in [-0.15, -0.1) is 0 Å². The summed E-state index contributed by atoms with van der Waals surface area (Å²) in [5.74, 6) is 1.92. The molecular weight excluding hydrogens is 310 g/mol. The van der Waals surface area contributed by atoms with Crippen molar-refractivity contribution in [3.05, 3.63) is 22.2 Å². The molecule has 106 valence electrons. The van der Waals surface area contributed by atoms with Crippen molar-refractivity contribution in [1.82, 2.24) is 5.32 Å². The third-order valence-electron chi connectivity index (χ3n) is 3.39. The first-order valence-electron chi connectivity index (χ1n) is 6.45. The fraction of sp³-hybridized carbons (Fsp3) is 0.571. The summed E-state index contributed by atoms with van der Waals surface area (Å²) >= 11 is 3.52. The topological polar surface area (TPSA) is 50.7 Å². The zero-order valence-corrected chi connectivity index (χ0v) is 12.9. The lowest BCUT2D eigenvalue weighted by Crippen LogP contribution is -2.27. The Labute approximate surface area is 122 Å². The van der Waals surface area contributed by atoms with Gasteiger partial charge in [-0.3, -0.25) is 0 Å².